The molecule has 7 heteroatoms. The number of carbonyl (C=O) groups excluding carboxylic acids is 2. The molecule has 0 aliphatic heterocycles. The fourth-order valence-electron chi connectivity index (χ4n) is 1.03. The van der Waals surface area contributed by atoms with Crippen molar-refractivity contribution in [1.82, 2.24) is 0 Å². The van der Waals surface area contributed by atoms with Gasteiger partial charge < -0.3 is 15.2 Å². The van der Waals surface area contributed by atoms with Crippen LogP contribution < -0.4 is 10.5 Å². The first-order chi connectivity index (χ1) is 7.95. The third-order valence-electron chi connectivity index (χ3n) is 1.81. The number of hydrogen-bond donors (Lipinski definition) is 1. The van der Waals surface area contributed by atoms with Crippen LogP contribution in [0.15, 0.2) is 18.2 Å². The van der Waals surface area contributed by atoms with Crippen LogP contribution in [0.4, 0.5) is 4.39 Å². The summed E-state index contributed by atoms with van der Waals surface area (Å²) in [5, 5.41) is -0.0832. The van der Waals surface area contributed by atoms with E-state index in [0.29, 0.717) is 0 Å². The van der Waals surface area contributed by atoms with Crippen LogP contribution >= 0.6 is 11.6 Å². The topological polar surface area (TPSA) is 78.6 Å². The first-order valence-electron chi connectivity index (χ1n) is 4.44. The SMILES string of the molecule is COC(=O)C(Oc1ccc(F)cc1Cl)C(N)=O. The van der Waals surface area contributed by atoms with Crippen molar-refractivity contribution >= 4 is 23.5 Å². The number of amides is 1. The molecule has 5 nitrogen and oxygen atoms in total. The summed E-state index contributed by atoms with van der Waals surface area (Å²) in [5.74, 6) is -2.60. The average molecular weight is 262 g/mol. The van der Waals surface area contributed by atoms with Gasteiger partial charge >= 0.3 is 5.97 Å². The highest BCUT2D eigenvalue weighted by Crippen LogP contribution is 2.25. The maximum atomic E-state index is 12.7. The molecule has 0 radical (unpaired) electrons. The normalized spacial score (nSPS) is 11.7. The van der Waals surface area contributed by atoms with E-state index in [2.05, 4.69) is 4.74 Å². The predicted octanol–water partition coefficient (Wildman–Crippen LogP) is 0.885. The lowest BCUT2D eigenvalue weighted by Crippen LogP contribution is -2.41. The van der Waals surface area contributed by atoms with E-state index >= 15 is 0 Å². The maximum absolute atomic E-state index is 12.7. The molecule has 0 aliphatic carbocycles. The second-order valence-electron chi connectivity index (χ2n) is 3.00. The Labute approximate surface area is 101 Å². The highest BCUT2D eigenvalue weighted by Gasteiger charge is 2.28. The number of halogens is 2. The molecule has 0 heterocycles. The Kier molecular flexibility index (Phi) is 4.28. The summed E-state index contributed by atoms with van der Waals surface area (Å²) in [6.07, 6.45) is -1.62. The summed E-state index contributed by atoms with van der Waals surface area (Å²) in [7, 11) is 1.08. The highest BCUT2D eigenvalue weighted by molar-refractivity contribution is 6.32. The van der Waals surface area contributed by atoms with E-state index in [1.807, 2.05) is 0 Å². The van der Waals surface area contributed by atoms with Crippen LogP contribution in [0.2, 0.25) is 5.02 Å². The van der Waals surface area contributed by atoms with Gasteiger partial charge in [-0.25, -0.2) is 9.18 Å². The van der Waals surface area contributed by atoms with E-state index in [1.54, 1.807) is 0 Å². The van der Waals surface area contributed by atoms with E-state index in [4.69, 9.17) is 22.1 Å². The molecular weight excluding hydrogens is 253 g/mol. The number of rotatable bonds is 4. The molecule has 1 aromatic carbocycles. The van der Waals surface area contributed by atoms with Crippen molar-refractivity contribution in [3.05, 3.63) is 29.0 Å². The molecule has 2 N–H and O–H groups in total. The average Bonchev–Trinajstić information content (AvgIpc) is 2.26. The number of ether oxygens (including phenoxy) is 2. The molecule has 0 fully saturated rings. The monoisotopic (exact) mass is 261 g/mol. The van der Waals surface area contributed by atoms with E-state index in [9.17, 15) is 14.0 Å². The number of primary amides is 1. The summed E-state index contributed by atoms with van der Waals surface area (Å²) in [5.41, 5.74) is 4.96. The van der Waals surface area contributed by atoms with Gasteiger partial charge in [0.2, 0.25) is 0 Å². The molecule has 92 valence electrons. The molecule has 0 aromatic heterocycles. The minimum absolute atomic E-state index is 0.0396. The fourth-order valence-corrected chi connectivity index (χ4v) is 1.24. The minimum atomic E-state index is -1.62. The quantitative estimate of drug-likeness (QED) is 0.645. The van der Waals surface area contributed by atoms with Crippen LogP contribution in [-0.4, -0.2) is 25.1 Å². The first-order valence-corrected chi connectivity index (χ1v) is 4.82. The number of benzene rings is 1. The van der Waals surface area contributed by atoms with Crippen LogP contribution in [0.3, 0.4) is 0 Å². The van der Waals surface area contributed by atoms with Crippen LogP contribution in [0.1, 0.15) is 0 Å². The zero-order valence-electron chi connectivity index (χ0n) is 8.78. The molecule has 0 aliphatic rings. The van der Waals surface area contributed by atoms with Crippen molar-refractivity contribution in [1.29, 1.82) is 0 Å². The third kappa shape index (κ3) is 3.32. The standard InChI is InChI=1S/C10H9ClFNO4/c1-16-10(15)8(9(13)14)17-7-3-2-5(12)4-6(7)11/h2-4,8H,1H3,(H2,13,14). The van der Waals surface area contributed by atoms with Gasteiger partial charge in [-0.3, -0.25) is 4.79 Å². The number of nitrogens with two attached hydrogens (primary N) is 1. The van der Waals surface area contributed by atoms with Gasteiger partial charge in [-0.2, -0.15) is 0 Å². The van der Waals surface area contributed by atoms with Crippen molar-refractivity contribution in [2.45, 2.75) is 6.10 Å². The predicted molar refractivity (Wildman–Crippen MR) is 57.0 cm³/mol. The Hall–Kier alpha value is -1.82. The summed E-state index contributed by atoms with van der Waals surface area (Å²) >= 11 is 5.66. The van der Waals surface area contributed by atoms with Gasteiger partial charge in [0, 0.05) is 0 Å². The lowest BCUT2D eigenvalue weighted by molar-refractivity contribution is -0.153. The Morgan fingerprint density at radius 1 is 1.47 bits per heavy atom. The number of methoxy groups -OCH3 is 1. The minimum Gasteiger partial charge on any atom is -0.467 e. The molecule has 1 aromatic rings. The summed E-state index contributed by atoms with van der Waals surface area (Å²) in [4.78, 5) is 22.1. The van der Waals surface area contributed by atoms with Crippen LogP contribution in [0, 0.1) is 5.82 Å². The lowest BCUT2D eigenvalue weighted by atomic mass is 10.3. The van der Waals surface area contributed by atoms with Crippen LogP contribution in [-0.2, 0) is 14.3 Å². The summed E-state index contributed by atoms with van der Waals surface area (Å²) in [6.45, 7) is 0. The lowest BCUT2D eigenvalue weighted by Gasteiger charge is -2.14. The van der Waals surface area contributed by atoms with Gasteiger partial charge in [0.25, 0.3) is 12.0 Å². The van der Waals surface area contributed by atoms with E-state index < -0.39 is 23.8 Å². The molecule has 1 atom stereocenters. The second-order valence-corrected chi connectivity index (χ2v) is 3.41. The van der Waals surface area contributed by atoms with Crippen molar-refractivity contribution in [3.63, 3.8) is 0 Å². The molecule has 0 bridgehead atoms. The molecule has 1 rings (SSSR count). The van der Waals surface area contributed by atoms with Crippen molar-refractivity contribution in [3.8, 4) is 5.75 Å². The van der Waals surface area contributed by atoms with Gasteiger partial charge in [-0.1, -0.05) is 11.6 Å². The van der Waals surface area contributed by atoms with Gasteiger partial charge in [0.15, 0.2) is 0 Å². The zero-order valence-corrected chi connectivity index (χ0v) is 9.53. The molecule has 0 saturated carbocycles. The molecule has 1 amide bonds. The Balaban J connectivity index is 2.94. The maximum Gasteiger partial charge on any atom is 0.357 e. The Bertz CT molecular complexity index is 452. The molecule has 17 heavy (non-hydrogen) atoms. The molecular formula is C10H9ClFNO4. The molecule has 0 spiro atoms. The van der Waals surface area contributed by atoms with Gasteiger partial charge in [-0.15, -0.1) is 0 Å². The molecule has 0 saturated heterocycles. The van der Waals surface area contributed by atoms with Gasteiger partial charge in [0.1, 0.15) is 11.6 Å². The Morgan fingerprint density at radius 2 is 2.12 bits per heavy atom. The Morgan fingerprint density at radius 3 is 2.59 bits per heavy atom. The number of hydrogen-bond acceptors (Lipinski definition) is 4. The van der Waals surface area contributed by atoms with E-state index in [0.717, 1.165) is 19.2 Å². The summed E-state index contributed by atoms with van der Waals surface area (Å²) in [6, 6.07) is 3.22. The highest BCUT2D eigenvalue weighted by atomic mass is 35.5. The fraction of sp³-hybridized carbons (Fsp3) is 0.200. The van der Waals surface area contributed by atoms with Crippen molar-refractivity contribution < 1.29 is 23.5 Å². The van der Waals surface area contributed by atoms with Gasteiger partial charge in [0.05, 0.1) is 12.1 Å². The van der Waals surface area contributed by atoms with Crippen molar-refractivity contribution in [2.75, 3.05) is 7.11 Å². The van der Waals surface area contributed by atoms with Crippen LogP contribution in [0.25, 0.3) is 0 Å². The first kappa shape index (κ1) is 13.2. The number of carbonyl (C=O) groups is 2. The zero-order chi connectivity index (χ0) is 13.0. The second kappa shape index (κ2) is 5.49. The summed E-state index contributed by atoms with van der Waals surface area (Å²) < 4.78 is 22.0. The third-order valence-corrected chi connectivity index (χ3v) is 2.11. The smallest absolute Gasteiger partial charge is 0.357 e. The van der Waals surface area contributed by atoms with E-state index in [1.165, 1.54) is 6.07 Å². The van der Waals surface area contributed by atoms with Gasteiger partial charge in [-0.05, 0) is 18.2 Å². The van der Waals surface area contributed by atoms with E-state index in [-0.39, 0.29) is 10.8 Å². The van der Waals surface area contributed by atoms with Crippen molar-refractivity contribution in [2.24, 2.45) is 5.73 Å². The van der Waals surface area contributed by atoms with Crippen LogP contribution in [0.5, 0.6) is 5.75 Å². The number of esters is 1. The molecule has 1 unspecified atom stereocenters. The largest absolute Gasteiger partial charge is 0.467 e.